The second-order valence-corrected chi connectivity index (χ2v) is 8.66. The van der Waals surface area contributed by atoms with Crippen molar-refractivity contribution in [3.63, 3.8) is 0 Å². The summed E-state index contributed by atoms with van der Waals surface area (Å²) in [6, 6.07) is 26.6. The molecule has 9 heteroatoms. The van der Waals surface area contributed by atoms with Crippen LogP contribution in [0.4, 0.5) is 18.9 Å². The lowest BCUT2D eigenvalue weighted by molar-refractivity contribution is -0.0435. The van der Waals surface area contributed by atoms with Gasteiger partial charge in [0.05, 0.1) is 6.54 Å². The highest BCUT2D eigenvalue weighted by molar-refractivity contribution is 7.91. The molecule has 0 spiro atoms. The maximum absolute atomic E-state index is 13.2. The normalized spacial score (nSPS) is 12.4. The summed E-state index contributed by atoms with van der Waals surface area (Å²) < 4.78 is 67.1. The molecule has 3 aromatic rings. The fraction of sp³-hybridized carbons (Fsp3) is 0.174. The van der Waals surface area contributed by atoms with Crippen LogP contribution in [0.15, 0.2) is 95.4 Å². The van der Waals surface area contributed by atoms with Gasteiger partial charge in [-0.3, -0.25) is 0 Å². The largest absolute Gasteiger partial charge is 0.518 e. The molecule has 32 heavy (non-hydrogen) atoms. The first-order valence-electron chi connectivity index (χ1n) is 9.70. The summed E-state index contributed by atoms with van der Waals surface area (Å²) in [5.74, 6) is -0.332. The van der Waals surface area contributed by atoms with Gasteiger partial charge in [-0.25, -0.2) is 0 Å². The smallest absolute Gasteiger partial charge is 0.340 e. The minimum atomic E-state index is -5.77. The van der Waals surface area contributed by atoms with Crippen molar-refractivity contribution in [2.45, 2.75) is 18.6 Å². The van der Waals surface area contributed by atoms with E-state index in [1.54, 1.807) is 66.7 Å². The summed E-state index contributed by atoms with van der Waals surface area (Å²) in [6.45, 7) is 0.279. The average Bonchev–Trinajstić information content (AvgIpc) is 2.77. The van der Waals surface area contributed by atoms with Gasteiger partial charge in [0.25, 0.3) is 0 Å². The highest BCUT2D eigenvalue weighted by Gasteiger charge is 2.47. The number of benzene rings is 3. The minimum Gasteiger partial charge on any atom is -0.340 e. The molecule has 0 aliphatic carbocycles. The predicted octanol–water partition coefficient (Wildman–Crippen LogP) is 5.03. The molecule has 0 unspecified atom stereocenters. The van der Waals surface area contributed by atoms with Crippen molar-refractivity contribution in [3.8, 4) is 0 Å². The summed E-state index contributed by atoms with van der Waals surface area (Å²) in [7, 11) is -4.26. The maximum Gasteiger partial charge on any atom is 0.518 e. The Morgan fingerprint density at radius 3 is 1.69 bits per heavy atom. The number of rotatable bonds is 6. The number of nitrogens with zero attached hydrogens (tertiary/aromatic N) is 3. The molecule has 0 N–H and O–H groups in total. The number of halogens is 3. The second-order valence-electron chi connectivity index (χ2n) is 7.06. The van der Waals surface area contributed by atoms with E-state index in [4.69, 9.17) is 0 Å². The van der Waals surface area contributed by atoms with Crippen molar-refractivity contribution < 1.29 is 21.6 Å². The molecule has 0 aliphatic heterocycles. The first-order valence-corrected chi connectivity index (χ1v) is 11.1. The third kappa shape index (κ3) is 5.88. The van der Waals surface area contributed by atoms with Crippen molar-refractivity contribution in [2.24, 2.45) is 4.40 Å². The van der Waals surface area contributed by atoms with Gasteiger partial charge in [0, 0.05) is 19.3 Å². The van der Waals surface area contributed by atoms with Crippen LogP contribution in [0.1, 0.15) is 11.1 Å². The van der Waals surface area contributed by atoms with Crippen LogP contribution >= 0.6 is 0 Å². The molecular weight excluding hydrogens is 439 g/mol. The first kappa shape index (κ1) is 23.3. The Morgan fingerprint density at radius 2 is 1.22 bits per heavy atom. The molecule has 0 saturated heterocycles. The molecule has 0 aliphatic rings. The van der Waals surface area contributed by atoms with Crippen molar-refractivity contribution >= 4 is 21.7 Å². The number of sulfonamides is 1. The van der Waals surface area contributed by atoms with E-state index in [2.05, 4.69) is 4.40 Å². The zero-order valence-electron chi connectivity index (χ0n) is 17.3. The Balaban J connectivity index is 2.12. The van der Waals surface area contributed by atoms with E-state index in [-0.39, 0.29) is 19.0 Å². The summed E-state index contributed by atoms with van der Waals surface area (Å²) >= 11 is 0. The fourth-order valence-electron chi connectivity index (χ4n) is 3.06. The molecule has 0 fully saturated rings. The minimum absolute atomic E-state index is 0.121. The third-order valence-electron chi connectivity index (χ3n) is 4.59. The van der Waals surface area contributed by atoms with Gasteiger partial charge < -0.3 is 9.80 Å². The quantitative estimate of drug-likeness (QED) is 0.382. The Morgan fingerprint density at radius 1 is 0.781 bits per heavy atom. The number of hydrogen-bond donors (Lipinski definition) is 0. The highest BCUT2D eigenvalue weighted by Crippen LogP contribution is 2.27. The summed E-state index contributed by atoms with van der Waals surface area (Å²) in [5, 5.41) is 0. The van der Waals surface area contributed by atoms with Crippen LogP contribution in [0.3, 0.4) is 0 Å². The van der Waals surface area contributed by atoms with Crippen molar-refractivity contribution in [1.82, 2.24) is 4.90 Å². The Bertz CT molecular complexity index is 1140. The van der Waals surface area contributed by atoms with Gasteiger partial charge in [-0.2, -0.15) is 21.6 Å². The maximum atomic E-state index is 13.2. The Kier molecular flexibility index (Phi) is 7.19. The molecule has 5 nitrogen and oxygen atoms in total. The van der Waals surface area contributed by atoms with Crippen LogP contribution in [0, 0.1) is 0 Å². The van der Waals surface area contributed by atoms with Crippen LogP contribution in [-0.4, -0.2) is 31.8 Å². The van der Waals surface area contributed by atoms with Crippen LogP contribution in [0.25, 0.3) is 0 Å². The summed E-state index contributed by atoms with van der Waals surface area (Å²) in [5.41, 5.74) is -3.44. The lowest BCUT2D eigenvalue weighted by atomic mass is 10.2. The predicted molar refractivity (Wildman–Crippen MR) is 119 cm³/mol. The Labute approximate surface area is 185 Å². The monoisotopic (exact) mass is 461 g/mol. The fourth-order valence-corrected chi connectivity index (χ4v) is 3.62. The zero-order valence-corrected chi connectivity index (χ0v) is 18.1. The topological polar surface area (TPSA) is 53.0 Å². The SMILES string of the molecule is CN(Cc1ccccc1)/C(=N/S(=O)(=O)C(F)(F)F)N(Cc1ccccc1)c1ccccc1. The molecule has 0 saturated carbocycles. The van der Waals surface area contributed by atoms with Crippen molar-refractivity contribution in [2.75, 3.05) is 11.9 Å². The van der Waals surface area contributed by atoms with E-state index >= 15 is 0 Å². The van der Waals surface area contributed by atoms with Crippen molar-refractivity contribution in [1.29, 1.82) is 0 Å². The number of hydrogen-bond acceptors (Lipinski definition) is 2. The molecule has 0 amide bonds. The molecule has 0 radical (unpaired) electrons. The number of anilines is 1. The highest BCUT2D eigenvalue weighted by atomic mass is 32.2. The molecule has 0 bridgehead atoms. The molecule has 3 rings (SSSR count). The lowest BCUT2D eigenvalue weighted by Crippen LogP contribution is -2.43. The van der Waals surface area contributed by atoms with Crippen molar-refractivity contribution in [3.05, 3.63) is 102 Å². The van der Waals surface area contributed by atoms with Gasteiger partial charge in [0.15, 0.2) is 0 Å². The van der Waals surface area contributed by atoms with Crippen LogP contribution < -0.4 is 4.90 Å². The summed E-state index contributed by atoms with van der Waals surface area (Å²) in [4.78, 5) is 2.86. The van der Waals surface area contributed by atoms with Gasteiger partial charge in [0.2, 0.25) is 5.96 Å². The van der Waals surface area contributed by atoms with E-state index in [0.29, 0.717) is 5.69 Å². The van der Waals surface area contributed by atoms with E-state index < -0.39 is 15.5 Å². The molecular formula is C23H22F3N3O2S. The lowest BCUT2D eigenvalue weighted by Gasteiger charge is -2.32. The standard InChI is InChI=1S/C23H22F3N3O2S/c1-28(17-19-11-5-2-6-12-19)22(27-32(30,31)23(24,25)26)29(21-15-9-4-10-16-21)18-20-13-7-3-8-14-20/h2-16H,17-18H2,1H3/b27-22-. The van der Waals surface area contributed by atoms with Gasteiger partial charge in [0.1, 0.15) is 0 Å². The van der Waals surface area contributed by atoms with Crippen LogP contribution in [0.2, 0.25) is 0 Å². The van der Waals surface area contributed by atoms with Gasteiger partial charge in [-0.1, -0.05) is 78.9 Å². The van der Waals surface area contributed by atoms with Crippen LogP contribution in [-0.2, 0) is 23.1 Å². The number of para-hydroxylation sites is 1. The second kappa shape index (κ2) is 9.86. The summed E-state index contributed by atoms with van der Waals surface area (Å²) in [6.07, 6.45) is 0. The van der Waals surface area contributed by atoms with Gasteiger partial charge >= 0.3 is 15.5 Å². The molecule has 0 heterocycles. The van der Waals surface area contributed by atoms with Gasteiger partial charge in [-0.15, -0.1) is 4.40 Å². The van der Waals surface area contributed by atoms with E-state index in [0.717, 1.165) is 11.1 Å². The molecule has 3 aromatic carbocycles. The molecule has 168 valence electrons. The third-order valence-corrected chi connectivity index (χ3v) is 5.58. The number of alkyl halides is 3. The van der Waals surface area contributed by atoms with E-state index in [1.807, 2.05) is 24.3 Å². The molecule has 0 atom stereocenters. The Hall–Kier alpha value is -3.33. The first-order chi connectivity index (χ1) is 15.2. The zero-order chi connectivity index (χ0) is 23.2. The van der Waals surface area contributed by atoms with E-state index in [9.17, 15) is 21.6 Å². The van der Waals surface area contributed by atoms with Crippen LogP contribution in [0.5, 0.6) is 0 Å². The number of guanidine groups is 1. The average molecular weight is 462 g/mol. The molecule has 0 aromatic heterocycles. The van der Waals surface area contributed by atoms with Gasteiger partial charge in [-0.05, 0) is 23.3 Å². The van der Waals surface area contributed by atoms with E-state index in [1.165, 1.54) is 16.8 Å².